The summed E-state index contributed by atoms with van der Waals surface area (Å²) in [7, 11) is 0. The second-order valence-electron chi connectivity index (χ2n) is 7.98. The Labute approximate surface area is 151 Å². The lowest BCUT2D eigenvalue weighted by Crippen LogP contribution is -2.42. The Bertz CT molecular complexity index is 558. The maximum atomic E-state index is 11.9. The molecule has 0 fully saturated rings. The van der Waals surface area contributed by atoms with Crippen molar-refractivity contribution < 1.29 is 9.90 Å². The van der Waals surface area contributed by atoms with Gasteiger partial charge in [0.1, 0.15) is 0 Å². The van der Waals surface area contributed by atoms with E-state index in [9.17, 15) is 9.90 Å². The zero-order valence-corrected chi connectivity index (χ0v) is 15.8. The second kappa shape index (κ2) is 9.20. The lowest BCUT2D eigenvalue weighted by molar-refractivity contribution is 0.129. The number of amides is 2. The molecule has 5 heteroatoms. The minimum absolute atomic E-state index is 0.104. The predicted molar refractivity (Wildman–Crippen MR) is 102 cm³/mol. The minimum atomic E-state index is -0.352. The van der Waals surface area contributed by atoms with E-state index in [4.69, 9.17) is 0 Å². The van der Waals surface area contributed by atoms with Crippen molar-refractivity contribution in [2.24, 2.45) is 5.41 Å². The van der Waals surface area contributed by atoms with E-state index in [-0.39, 0.29) is 17.6 Å². The van der Waals surface area contributed by atoms with Crippen LogP contribution in [0, 0.1) is 5.41 Å². The Morgan fingerprint density at radius 1 is 1.28 bits per heavy atom. The first-order valence-corrected chi connectivity index (χ1v) is 9.35. The maximum Gasteiger partial charge on any atom is 0.314 e. The topological polar surface area (TPSA) is 64.6 Å². The average molecular weight is 348 g/mol. The third kappa shape index (κ3) is 7.04. The number of hydrogen-bond acceptors (Lipinski definition) is 3. The second-order valence-corrected chi connectivity index (χ2v) is 7.98. The van der Waals surface area contributed by atoms with E-state index >= 15 is 0 Å². The van der Waals surface area contributed by atoms with Crippen LogP contribution in [0.4, 0.5) is 4.79 Å². The van der Waals surface area contributed by atoms with Crippen LogP contribution in [0.15, 0.2) is 24.3 Å². The number of aliphatic hydroxyl groups is 1. The molecule has 1 heterocycles. The molecule has 140 valence electrons. The molecule has 2 amide bonds. The molecule has 1 aromatic carbocycles. The van der Waals surface area contributed by atoms with Gasteiger partial charge in [0, 0.05) is 32.7 Å². The maximum absolute atomic E-state index is 11.9. The predicted octanol–water partition coefficient (Wildman–Crippen LogP) is 2.53. The molecular weight excluding hydrogens is 314 g/mol. The van der Waals surface area contributed by atoms with Gasteiger partial charge in [-0.15, -0.1) is 0 Å². The largest absolute Gasteiger partial charge is 0.393 e. The number of carbonyl (C=O) groups is 1. The fourth-order valence-electron chi connectivity index (χ4n) is 3.50. The minimum Gasteiger partial charge on any atom is -0.393 e. The third-order valence-electron chi connectivity index (χ3n) is 4.72. The Morgan fingerprint density at radius 2 is 2.00 bits per heavy atom. The quantitative estimate of drug-likeness (QED) is 0.633. The van der Waals surface area contributed by atoms with Gasteiger partial charge in [0.25, 0.3) is 0 Å². The molecule has 25 heavy (non-hydrogen) atoms. The Hall–Kier alpha value is -1.59. The first-order valence-electron chi connectivity index (χ1n) is 9.35. The van der Waals surface area contributed by atoms with E-state index in [2.05, 4.69) is 39.8 Å². The average Bonchev–Trinajstić information content (AvgIpc) is 2.56. The van der Waals surface area contributed by atoms with E-state index < -0.39 is 0 Å². The van der Waals surface area contributed by atoms with Crippen molar-refractivity contribution >= 4 is 6.03 Å². The number of fused-ring (bicyclic) bond motifs is 1. The van der Waals surface area contributed by atoms with Gasteiger partial charge in [-0.2, -0.15) is 0 Å². The van der Waals surface area contributed by atoms with Crippen LogP contribution >= 0.6 is 0 Å². The van der Waals surface area contributed by atoms with Crippen molar-refractivity contribution in [1.29, 1.82) is 0 Å². The highest BCUT2D eigenvalue weighted by atomic mass is 16.3. The van der Waals surface area contributed by atoms with Gasteiger partial charge in [0.15, 0.2) is 0 Å². The number of nitrogens with zero attached hydrogens (tertiary/aromatic N) is 1. The van der Waals surface area contributed by atoms with Gasteiger partial charge in [-0.3, -0.25) is 4.90 Å². The molecule has 0 bridgehead atoms. The molecular formula is C20H33N3O2. The monoisotopic (exact) mass is 347 g/mol. The van der Waals surface area contributed by atoms with Gasteiger partial charge < -0.3 is 15.7 Å². The zero-order valence-electron chi connectivity index (χ0n) is 15.8. The summed E-state index contributed by atoms with van der Waals surface area (Å²) in [5, 5.41) is 15.3. The summed E-state index contributed by atoms with van der Waals surface area (Å²) in [6.45, 7) is 10.2. The van der Waals surface area contributed by atoms with Crippen LogP contribution in [0.25, 0.3) is 0 Å². The van der Waals surface area contributed by atoms with Crippen LogP contribution < -0.4 is 10.6 Å². The van der Waals surface area contributed by atoms with Gasteiger partial charge in [0.2, 0.25) is 0 Å². The molecule has 0 aliphatic carbocycles. The summed E-state index contributed by atoms with van der Waals surface area (Å²) in [5.41, 5.74) is 2.79. The van der Waals surface area contributed by atoms with Gasteiger partial charge >= 0.3 is 6.03 Å². The molecule has 1 unspecified atom stereocenters. The molecule has 3 N–H and O–H groups in total. The molecule has 1 aliphatic heterocycles. The summed E-state index contributed by atoms with van der Waals surface area (Å²) in [6.07, 6.45) is 2.38. The van der Waals surface area contributed by atoms with Crippen LogP contribution in [0.2, 0.25) is 0 Å². The summed E-state index contributed by atoms with van der Waals surface area (Å²) in [5.74, 6) is 0. The molecule has 0 aromatic heterocycles. The number of hydrogen-bond donors (Lipinski definition) is 3. The lowest BCUT2D eigenvalue weighted by atomic mass is 9.87. The third-order valence-corrected chi connectivity index (χ3v) is 4.72. The van der Waals surface area contributed by atoms with Crippen LogP contribution in [0.3, 0.4) is 0 Å². The number of urea groups is 1. The van der Waals surface area contributed by atoms with Crippen LogP contribution in [0.5, 0.6) is 0 Å². The van der Waals surface area contributed by atoms with E-state index in [1.807, 2.05) is 13.8 Å². The highest BCUT2D eigenvalue weighted by molar-refractivity contribution is 5.73. The van der Waals surface area contributed by atoms with E-state index in [1.165, 1.54) is 11.1 Å². The zero-order chi connectivity index (χ0) is 18.3. The summed E-state index contributed by atoms with van der Waals surface area (Å²) >= 11 is 0. The fraction of sp³-hybridized carbons (Fsp3) is 0.650. The molecule has 2 rings (SSSR count). The smallest absolute Gasteiger partial charge is 0.314 e. The number of aliphatic hydroxyl groups excluding tert-OH is 1. The molecule has 1 atom stereocenters. The normalized spacial score (nSPS) is 16.2. The Morgan fingerprint density at radius 3 is 2.72 bits per heavy atom. The van der Waals surface area contributed by atoms with Crippen LogP contribution in [0.1, 0.15) is 44.7 Å². The molecule has 0 saturated heterocycles. The number of benzene rings is 1. The number of rotatable bonds is 8. The van der Waals surface area contributed by atoms with Crippen molar-refractivity contribution in [3.05, 3.63) is 35.4 Å². The number of nitrogens with one attached hydrogen (secondary N) is 2. The first-order chi connectivity index (χ1) is 11.9. The van der Waals surface area contributed by atoms with Crippen molar-refractivity contribution in [3.63, 3.8) is 0 Å². The van der Waals surface area contributed by atoms with Gasteiger partial charge in [0.05, 0.1) is 6.10 Å². The van der Waals surface area contributed by atoms with Crippen LogP contribution in [-0.4, -0.2) is 48.3 Å². The first kappa shape index (κ1) is 19.7. The van der Waals surface area contributed by atoms with Gasteiger partial charge in [-0.25, -0.2) is 4.79 Å². The molecule has 1 aromatic rings. The van der Waals surface area contributed by atoms with Crippen molar-refractivity contribution in [3.8, 4) is 0 Å². The molecule has 0 saturated carbocycles. The van der Waals surface area contributed by atoms with E-state index in [0.717, 1.165) is 32.5 Å². The molecule has 5 nitrogen and oxygen atoms in total. The van der Waals surface area contributed by atoms with Gasteiger partial charge in [-0.1, -0.05) is 38.1 Å². The van der Waals surface area contributed by atoms with Crippen molar-refractivity contribution in [1.82, 2.24) is 15.5 Å². The van der Waals surface area contributed by atoms with E-state index in [1.54, 1.807) is 6.92 Å². The fourth-order valence-corrected chi connectivity index (χ4v) is 3.50. The summed E-state index contributed by atoms with van der Waals surface area (Å²) < 4.78 is 0. The standard InChI is InChI=1S/C20H33N3O2/c1-16(24)13-20(2,3)15-22-19(25)21-10-6-11-23-12-9-17-7-4-5-8-18(17)14-23/h4-5,7-8,16,24H,6,9-15H2,1-3H3,(H2,21,22,25). The Kier molecular flexibility index (Phi) is 7.26. The summed E-state index contributed by atoms with van der Waals surface area (Å²) in [6, 6.07) is 8.52. The number of carbonyl (C=O) groups excluding carboxylic acids is 1. The summed E-state index contributed by atoms with van der Waals surface area (Å²) in [4.78, 5) is 14.3. The van der Waals surface area contributed by atoms with Crippen molar-refractivity contribution in [2.75, 3.05) is 26.2 Å². The van der Waals surface area contributed by atoms with Gasteiger partial charge in [-0.05, 0) is 42.7 Å². The molecule has 0 spiro atoms. The molecule has 0 radical (unpaired) electrons. The lowest BCUT2D eigenvalue weighted by Gasteiger charge is -2.28. The Balaban J connectivity index is 1.59. The highest BCUT2D eigenvalue weighted by Gasteiger charge is 2.21. The van der Waals surface area contributed by atoms with Crippen molar-refractivity contribution in [2.45, 2.75) is 52.7 Å². The highest BCUT2D eigenvalue weighted by Crippen LogP contribution is 2.21. The SMILES string of the molecule is CC(O)CC(C)(C)CNC(=O)NCCCN1CCc2ccccc2C1. The molecule has 1 aliphatic rings. The van der Waals surface area contributed by atoms with E-state index in [0.29, 0.717) is 19.5 Å². The van der Waals surface area contributed by atoms with Crippen LogP contribution in [-0.2, 0) is 13.0 Å².